The van der Waals surface area contributed by atoms with E-state index in [0.717, 1.165) is 0 Å². The third kappa shape index (κ3) is 1.63. The van der Waals surface area contributed by atoms with Crippen molar-refractivity contribution in [2.75, 3.05) is 3.02 Å². The largest absolute Gasteiger partial charge is 0.582 e. The number of halogens is 2. The Morgan fingerprint density at radius 2 is 2.12 bits per heavy atom. The second-order valence-electron chi connectivity index (χ2n) is 4.23. The first-order valence-electron chi connectivity index (χ1n) is 5.37. The molecule has 1 aliphatic heterocycles. The lowest BCUT2D eigenvalue weighted by molar-refractivity contribution is -0.518. The number of nitrogens with zero attached hydrogens (tertiary/aromatic N) is 3. The Morgan fingerprint density at radius 3 is 2.88 bits per heavy atom. The molecule has 0 saturated carbocycles. The molecule has 0 spiro atoms. The van der Waals surface area contributed by atoms with E-state index in [0.29, 0.717) is 4.84 Å². The van der Waals surface area contributed by atoms with Crippen LogP contribution < -0.4 is 7.50 Å². The summed E-state index contributed by atoms with van der Waals surface area (Å²) in [6.45, 7) is 2.17. The Morgan fingerprint density at radius 1 is 1.35 bits per heavy atom. The predicted octanol–water partition coefficient (Wildman–Crippen LogP) is 2.73. The van der Waals surface area contributed by atoms with Crippen molar-refractivity contribution in [2.24, 2.45) is 7.05 Å². The van der Waals surface area contributed by atoms with Gasteiger partial charge in [-0.2, -0.15) is 0 Å². The first-order chi connectivity index (χ1) is 8.11. The van der Waals surface area contributed by atoms with Crippen LogP contribution in [0.1, 0.15) is 5.56 Å². The number of aryl methyl sites for hydroxylation is 2. The van der Waals surface area contributed by atoms with Crippen molar-refractivity contribution in [1.29, 1.82) is 0 Å². The molecule has 0 atom stereocenters. The highest BCUT2D eigenvalue weighted by Crippen LogP contribution is 2.38. The van der Waals surface area contributed by atoms with Crippen LogP contribution in [0.3, 0.4) is 0 Å². The van der Waals surface area contributed by atoms with Gasteiger partial charge in [0.05, 0.1) is 18.3 Å². The van der Waals surface area contributed by atoms with Crippen molar-refractivity contribution in [3.05, 3.63) is 36.2 Å². The number of fused-ring (bicyclic) bond motifs is 3. The van der Waals surface area contributed by atoms with Crippen LogP contribution in [0.4, 0.5) is 5.69 Å². The normalized spacial score (nSPS) is 13.6. The van der Waals surface area contributed by atoms with E-state index >= 15 is 0 Å². The van der Waals surface area contributed by atoms with Gasteiger partial charge in [-0.3, -0.25) is 4.48 Å². The van der Waals surface area contributed by atoms with Crippen molar-refractivity contribution in [1.82, 2.24) is 4.57 Å². The van der Waals surface area contributed by atoms with E-state index in [9.17, 15) is 0 Å². The van der Waals surface area contributed by atoms with Crippen molar-refractivity contribution >= 4 is 55.8 Å². The van der Waals surface area contributed by atoms with E-state index in [-0.39, 0.29) is 0 Å². The summed E-state index contributed by atoms with van der Waals surface area (Å²) in [5, 5.41) is 0. The highest BCUT2D eigenvalue weighted by molar-refractivity contribution is 14.1. The molecule has 1 aliphatic rings. The van der Waals surface area contributed by atoms with Gasteiger partial charge in [-0.25, -0.2) is 4.57 Å². The summed E-state index contributed by atoms with van der Waals surface area (Å²) >= 11 is 4.86. The number of rotatable bonds is 0. The predicted molar refractivity (Wildman–Crippen MR) is 87.5 cm³/mol. The zero-order chi connectivity index (χ0) is 12.2. The number of benzene rings is 1. The van der Waals surface area contributed by atoms with Crippen molar-refractivity contribution in [3.8, 4) is 11.4 Å². The second-order valence-corrected chi connectivity index (χ2v) is 6.38. The molecule has 6 heteroatoms. The SMILES string of the molecule is Cc1cccc2c1-c1n(C)cc[n+]1B(I)N2I. The molecule has 1 aromatic carbocycles. The van der Waals surface area contributed by atoms with E-state index in [1.807, 2.05) is 0 Å². The lowest BCUT2D eigenvalue weighted by Crippen LogP contribution is -2.58. The Bertz CT molecular complexity index is 596. The molecule has 1 aromatic heterocycles. The fraction of sp³-hybridized carbons (Fsp3) is 0.182. The molecule has 0 radical (unpaired) electrons. The lowest BCUT2D eigenvalue weighted by Gasteiger charge is -2.26. The number of hydrogen-bond acceptors (Lipinski definition) is 1. The zero-order valence-corrected chi connectivity index (χ0v) is 13.9. The molecule has 3 nitrogen and oxygen atoms in total. The second kappa shape index (κ2) is 4.15. The number of anilines is 1. The third-order valence-corrected chi connectivity index (χ3v) is 6.42. The van der Waals surface area contributed by atoms with Crippen molar-refractivity contribution in [2.45, 2.75) is 6.92 Å². The minimum Gasteiger partial charge on any atom is -0.305 e. The van der Waals surface area contributed by atoms with Crippen LogP contribution in [0.2, 0.25) is 0 Å². The van der Waals surface area contributed by atoms with Crippen molar-refractivity contribution < 1.29 is 4.48 Å². The van der Waals surface area contributed by atoms with Gasteiger partial charge in [0, 0.05) is 22.9 Å². The van der Waals surface area contributed by atoms with Crippen LogP contribution >= 0.6 is 45.2 Å². The van der Waals surface area contributed by atoms with E-state index in [1.165, 1.54) is 22.6 Å². The van der Waals surface area contributed by atoms with Crippen LogP contribution in [0.25, 0.3) is 11.4 Å². The van der Waals surface area contributed by atoms with Gasteiger partial charge < -0.3 is 3.02 Å². The molecular formula is C11H11BI2N3+. The van der Waals surface area contributed by atoms with Crippen LogP contribution in [0, 0.1) is 6.92 Å². The standard InChI is InChI=1S/C11H11BI2N3/c1-8-4-3-5-9-10(8)11-15(2)6-7-16(11)12(13)17(9)14/h3-7H,1-2H3/q+1. The molecular weight excluding hydrogens is 439 g/mol. The third-order valence-electron chi connectivity index (χ3n) is 3.15. The maximum Gasteiger partial charge on any atom is 0.582 e. The number of aromatic nitrogens is 2. The smallest absolute Gasteiger partial charge is 0.305 e. The van der Waals surface area contributed by atoms with Gasteiger partial charge >= 0.3 is 4.84 Å². The molecule has 0 fully saturated rings. The fourth-order valence-electron chi connectivity index (χ4n) is 2.32. The van der Waals surface area contributed by atoms with E-state index < -0.39 is 0 Å². The van der Waals surface area contributed by atoms with Gasteiger partial charge in [0.15, 0.2) is 0 Å². The molecule has 86 valence electrons. The quantitative estimate of drug-likeness (QED) is 0.342. The summed E-state index contributed by atoms with van der Waals surface area (Å²) in [5.41, 5.74) is 3.96. The summed E-state index contributed by atoms with van der Waals surface area (Å²) in [6, 6.07) is 6.49. The van der Waals surface area contributed by atoms with Crippen LogP contribution in [0.5, 0.6) is 0 Å². The molecule has 2 heterocycles. The summed E-state index contributed by atoms with van der Waals surface area (Å²) in [6.07, 6.45) is 4.26. The molecule has 0 unspecified atom stereocenters. The van der Waals surface area contributed by atoms with Crippen LogP contribution in [-0.2, 0) is 7.05 Å². The monoisotopic (exact) mass is 450 g/mol. The Kier molecular flexibility index (Phi) is 2.89. The summed E-state index contributed by atoms with van der Waals surface area (Å²) in [7, 11) is 2.11. The maximum absolute atomic E-state index is 2.46. The average Bonchev–Trinajstić information content (AvgIpc) is 2.68. The Labute approximate surface area is 128 Å². The average molecular weight is 450 g/mol. The molecule has 2 aromatic rings. The Hall–Kier alpha value is -0.245. The van der Waals surface area contributed by atoms with Gasteiger partial charge in [-0.15, -0.1) is 0 Å². The summed E-state index contributed by atoms with van der Waals surface area (Å²) in [4.78, 5) is 0.318. The molecule has 0 amide bonds. The molecule has 17 heavy (non-hydrogen) atoms. The van der Waals surface area contributed by atoms with Gasteiger partial charge in [0.2, 0.25) is 0 Å². The van der Waals surface area contributed by atoms with Gasteiger partial charge in [-0.1, -0.05) is 34.5 Å². The first-order valence-corrected chi connectivity index (χ1v) is 7.58. The van der Waals surface area contributed by atoms with E-state index in [1.54, 1.807) is 0 Å². The maximum atomic E-state index is 2.46. The van der Waals surface area contributed by atoms with E-state index in [2.05, 4.69) is 102 Å². The van der Waals surface area contributed by atoms with Gasteiger partial charge in [-0.05, 0) is 18.6 Å². The van der Waals surface area contributed by atoms with Crippen molar-refractivity contribution in [3.63, 3.8) is 0 Å². The van der Waals surface area contributed by atoms with Crippen LogP contribution in [-0.4, -0.2) is 9.41 Å². The molecule has 0 bridgehead atoms. The first kappa shape index (κ1) is 11.8. The molecule has 0 N–H and O–H groups in total. The van der Waals surface area contributed by atoms with Gasteiger partial charge in [0.25, 0.3) is 5.82 Å². The number of imidazole rings is 1. The van der Waals surface area contributed by atoms with Crippen LogP contribution in [0.15, 0.2) is 30.6 Å². The molecule has 0 aliphatic carbocycles. The zero-order valence-electron chi connectivity index (χ0n) is 9.56. The Balaban J connectivity index is 2.39. The van der Waals surface area contributed by atoms with E-state index in [4.69, 9.17) is 0 Å². The highest BCUT2D eigenvalue weighted by atomic mass is 127. The lowest BCUT2D eigenvalue weighted by atomic mass is 9.97. The molecule has 3 rings (SSSR count). The van der Waals surface area contributed by atoms with Gasteiger partial charge in [0.1, 0.15) is 12.4 Å². The highest BCUT2D eigenvalue weighted by Gasteiger charge is 2.40. The minimum atomic E-state index is 0.318. The topological polar surface area (TPSA) is 12.0 Å². The number of hydrogen-bond donors (Lipinski definition) is 0. The summed E-state index contributed by atoms with van der Waals surface area (Å²) < 4.78 is 6.79. The fourth-order valence-corrected chi connectivity index (χ4v) is 3.74. The molecule has 0 saturated heterocycles. The minimum absolute atomic E-state index is 0.318. The summed E-state index contributed by atoms with van der Waals surface area (Å²) in [5.74, 6) is 1.28.